The van der Waals surface area contributed by atoms with Gasteiger partial charge in [0.05, 0.1) is 22.6 Å². The van der Waals surface area contributed by atoms with Crippen LogP contribution in [0.5, 0.6) is 0 Å². The molecule has 0 radical (unpaired) electrons. The molecule has 1 saturated heterocycles. The van der Waals surface area contributed by atoms with Gasteiger partial charge in [-0.25, -0.2) is 19.2 Å². The number of amides is 1. The lowest BCUT2D eigenvalue weighted by Gasteiger charge is -2.34. The van der Waals surface area contributed by atoms with Gasteiger partial charge in [0.2, 0.25) is 0 Å². The maximum Gasteiger partial charge on any atom is 0.348 e. The first-order chi connectivity index (χ1) is 15.2. The number of carbonyl (C=O) groups excluding carboxylic acids is 1. The van der Waals surface area contributed by atoms with Gasteiger partial charge in [-0.15, -0.1) is 0 Å². The number of halogens is 3. The number of aromatic carboxylic acids is 1. The molecule has 0 saturated carbocycles. The fraction of sp³-hybridized carbons (Fsp3) is 0.368. The molecule has 1 fully saturated rings. The van der Waals surface area contributed by atoms with Crippen molar-refractivity contribution in [2.45, 2.75) is 25.6 Å². The van der Waals surface area contributed by atoms with E-state index in [1.54, 1.807) is 35.8 Å². The number of nitrogens with one attached hydrogen (secondary N) is 2. The van der Waals surface area contributed by atoms with Gasteiger partial charge in [0.25, 0.3) is 5.91 Å². The van der Waals surface area contributed by atoms with Crippen LogP contribution < -0.4 is 10.2 Å². The van der Waals surface area contributed by atoms with Crippen molar-refractivity contribution in [3.63, 3.8) is 0 Å². The Hall–Kier alpha value is -2.63. The number of aromatic nitrogens is 4. The van der Waals surface area contributed by atoms with Crippen LogP contribution in [-0.4, -0.2) is 61.8 Å². The highest BCUT2D eigenvalue weighted by Gasteiger charge is 2.34. The van der Waals surface area contributed by atoms with Crippen molar-refractivity contribution < 1.29 is 19.1 Å². The van der Waals surface area contributed by atoms with Crippen LogP contribution >= 0.6 is 34.5 Å². The van der Waals surface area contributed by atoms with Crippen molar-refractivity contribution in [1.82, 2.24) is 24.8 Å². The third kappa shape index (κ3) is 4.07. The van der Waals surface area contributed by atoms with E-state index in [2.05, 4.69) is 20.3 Å². The third-order valence-electron chi connectivity index (χ3n) is 5.25. The van der Waals surface area contributed by atoms with E-state index in [4.69, 9.17) is 23.2 Å². The van der Waals surface area contributed by atoms with E-state index in [1.807, 2.05) is 0 Å². The molecule has 0 spiro atoms. The van der Waals surface area contributed by atoms with Gasteiger partial charge in [-0.05, 0) is 13.3 Å². The van der Waals surface area contributed by atoms with Crippen molar-refractivity contribution in [2.24, 2.45) is 7.05 Å². The fourth-order valence-corrected chi connectivity index (χ4v) is 4.90. The molecule has 3 aromatic rings. The zero-order chi connectivity index (χ0) is 23.2. The quantitative estimate of drug-likeness (QED) is 0.493. The number of aromatic amines is 1. The normalized spacial score (nSPS) is 18.7. The van der Waals surface area contributed by atoms with Crippen molar-refractivity contribution in [2.75, 3.05) is 18.0 Å². The minimum Gasteiger partial charge on any atom is -0.477 e. The smallest absolute Gasteiger partial charge is 0.348 e. The number of H-pyrrole nitrogens is 1. The van der Waals surface area contributed by atoms with Crippen LogP contribution in [0.4, 0.5) is 9.52 Å². The molecule has 1 aliphatic rings. The molecule has 2 atom stereocenters. The molecule has 9 nitrogen and oxygen atoms in total. The molecule has 4 rings (SSSR count). The molecule has 13 heteroatoms. The highest BCUT2D eigenvalue weighted by molar-refractivity contribution is 7.17. The molecule has 0 aliphatic carbocycles. The maximum absolute atomic E-state index is 15.0. The second-order valence-electron chi connectivity index (χ2n) is 7.42. The Kier molecular flexibility index (Phi) is 6.15. The van der Waals surface area contributed by atoms with Gasteiger partial charge in [0, 0.05) is 31.7 Å². The molecule has 0 bridgehead atoms. The number of thiazole rings is 1. The lowest BCUT2D eigenvalue weighted by atomic mass is 10.0. The molecule has 1 amide bonds. The number of alkyl halides is 1. The van der Waals surface area contributed by atoms with E-state index < -0.39 is 24.1 Å². The summed E-state index contributed by atoms with van der Waals surface area (Å²) in [6.45, 7) is 2.02. The number of hydrogen-bond donors (Lipinski definition) is 3. The Balaban J connectivity index is 1.49. The number of nitrogens with zero attached hydrogens (tertiary/aromatic N) is 4. The molecular weight excluding hydrogens is 482 g/mol. The summed E-state index contributed by atoms with van der Waals surface area (Å²) in [5.74, 6) is -1.24. The number of carbonyl (C=O) groups is 2. The zero-order valence-electron chi connectivity index (χ0n) is 17.0. The van der Waals surface area contributed by atoms with E-state index in [0.29, 0.717) is 29.6 Å². The molecule has 1 aliphatic heterocycles. The number of piperidine rings is 1. The average molecular weight is 501 g/mol. The Morgan fingerprint density at radius 2 is 2.12 bits per heavy atom. The van der Waals surface area contributed by atoms with Crippen molar-refractivity contribution in [1.29, 1.82) is 0 Å². The number of aryl methyl sites for hydroxylation is 2. The van der Waals surface area contributed by atoms with E-state index >= 15 is 0 Å². The number of carboxylic acid groups (broad SMARTS) is 1. The van der Waals surface area contributed by atoms with Crippen LogP contribution in [0, 0.1) is 6.92 Å². The summed E-state index contributed by atoms with van der Waals surface area (Å²) < 4.78 is 16.6. The van der Waals surface area contributed by atoms with Gasteiger partial charge in [-0.1, -0.05) is 34.5 Å². The highest BCUT2D eigenvalue weighted by atomic mass is 35.5. The van der Waals surface area contributed by atoms with E-state index in [1.165, 1.54) is 0 Å². The number of anilines is 1. The average Bonchev–Trinajstić information content (AvgIpc) is 3.43. The first-order valence-corrected chi connectivity index (χ1v) is 11.2. The van der Waals surface area contributed by atoms with Crippen LogP contribution in [-0.2, 0) is 7.05 Å². The number of hydrogen-bond acceptors (Lipinski definition) is 6. The fourth-order valence-electron chi connectivity index (χ4n) is 3.54. The number of imidazole rings is 1. The van der Waals surface area contributed by atoms with Crippen LogP contribution in [0.2, 0.25) is 10.0 Å². The molecule has 0 aromatic carbocycles. The summed E-state index contributed by atoms with van der Waals surface area (Å²) in [5.41, 5.74) is 0.883. The predicted octanol–water partition coefficient (Wildman–Crippen LogP) is 3.53. The standard InChI is InChI=1S/C19H19Cl2FN6O3S/c1-8-11(20)12(21)13(24-8)17(29)25-10-3-5-28(7-9(10)22)19-26-14(15(32-19)18(30)31)16-23-4-6-27(16)2/h4,6,9-10,24H,3,5,7H2,1-2H3,(H,25,29)(H,30,31)/t9-,10+/m0/s1. The zero-order valence-corrected chi connectivity index (χ0v) is 19.4. The Morgan fingerprint density at radius 1 is 1.38 bits per heavy atom. The Labute approximate surface area is 196 Å². The van der Waals surface area contributed by atoms with Gasteiger partial charge >= 0.3 is 5.97 Å². The van der Waals surface area contributed by atoms with Gasteiger partial charge in [-0.2, -0.15) is 0 Å². The van der Waals surface area contributed by atoms with Gasteiger partial charge in [-0.3, -0.25) is 4.79 Å². The third-order valence-corrected chi connectivity index (χ3v) is 7.30. The molecule has 4 heterocycles. The summed E-state index contributed by atoms with van der Waals surface area (Å²) in [5, 5.41) is 13.0. The van der Waals surface area contributed by atoms with E-state index in [0.717, 1.165) is 11.3 Å². The lowest BCUT2D eigenvalue weighted by molar-refractivity contribution is 0.0702. The summed E-state index contributed by atoms with van der Waals surface area (Å²) >= 11 is 13.1. The Morgan fingerprint density at radius 3 is 2.69 bits per heavy atom. The van der Waals surface area contributed by atoms with Gasteiger partial charge in [0.15, 0.2) is 11.0 Å². The van der Waals surface area contributed by atoms with Gasteiger partial charge in [0.1, 0.15) is 22.4 Å². The SMILES string of the molecule is Cc1[nH]c(C(=O)N[C@@H]2CCN(c3nc(-c4nccn4C)c(C(=O)O)s3)C[C@@H]2F)c(Cl)c1Cl. The summed E-state index contributed by atoms with van der Waals surface area (Å²) in [6, 6.07) is -0.731. The predicted molar refractivity (Wildman–Crippen MR) is 120 cm³/mol. The monoisotopic (exact) mass is 500 g/mol. The lowest BCUT2D eigenvalue weighted by Crippen LogP contribution is -2.52. The first kappa shape index (κ1) is 22.6. The molecule has 0 unspecified atom stereocenters. The molecule has 170 valence electrons. The Bertz CT molecular complexity index is 1190. The summed E-state index contributed by atoms with van der Waals surface area (Å²) in [4.78, 5) is 37.4. The van der Waals surface area contributed by atoms with Crippen LogP contribution in [0.15, 0.2) is 12.4 Å². The largest absolute Gasteiger partial charge is 0.477 e. The molecular formula is C19H19Cl2FN6O3S. The van der Waals surface area contributed by atoms with Crippen molar-refractivity contribution >= 4 is 51.5 Å². The highest BCUT2D eigenvalue weighted by Crippen LogP contribution is 2.34. The van der Waals surface area contributed by atoms with Gasteiger partial charge < -0.3 is 24.9 Å². The van der Waals surface area contributed by atoms with Crippen LogP contribution in [0.1, 0.15) is 32.3 Å². The number of carboxylic acids is 1. The van der Waals surface area contributed by atoms with Crippen molar-refractivity contribution in [3.05, 3.63) is 38.7 Å². The van der Waals surface area contributed by atoms with Crippen molar-refractivity contribution in [3.8, 4) is 11.5 Å². The van der Waals surface area contributed by atoms with Crippen LogP contribution in [0.3, 0.4) is 0 Å². The number of rotatable bonds is 5. The first-order valence-electron chi connectivity index (χ1n) is 9.62. The van der Waals surface area contributed by atoms with E-state index in [9.17, 15) is 19.1 Å². The summed E-state index contributed by atoms with van der Waals surface area (Å²) in [7, 11) is 1.74. The topological polar surface area (TPSA) is 116 Å². The molecule has 32 heavy (non-hydrogen) atoms. The minimum atomic E-state index is -1.40. The van der Waals surface area contributed by atoms with Crippen LogP contribution in [0.25, 0.3) is 11.5 Å². The molecule has 3 N–H and O–H groups in total. The minimum absolute atomic E-state index is 0.0359. The summed E-state index contributed by atoms with van der Waals surface area (Å²) in [6.07, 6.45) is 2.15. The second kappa shape index (κ2) is 8.72. The van der Waals surface area contributed by atoms with E-state index in [-0.39, 0.29) is 32.9 Å². The second-order valence-corrected chi connectivity index (χ2v) is 9.16. The molecule has 3 aromatic heterocycles. The maximum atomic E-state index is 15.0.